The molecule has 0 saturated heterocycles. The molecule has 1 aliphatic rings. The van der Waals surface area contributed by atoms with Crippen LogP contribution in [0, 0.1) is 11.3 Å². The summed E-state index contributed by atoms with van der Waals surface area (Å²) in [6.07, 6.45) is 6.59. The summed E-state index contributed by atoms with van der Waals surface area (Å²) in [5.41, 5.74) is 6.17. The van der Waals surface area contributed by atoms with Crippen LogP contribution in [-0.4, -0.2) is 31.6 Å². The molecule has 0 bridgehead atoms. The lowest BCUT2D eigenvalue weighted by Crippen LogP contribution is -2.42. The largest absolute Gasteiger partial charge is 0.330 e. The number of hydrogen-bond acceptors (Lipinski definition) is 2. The van der Waals surface area contributed by atoms with Gasteiger partial charge in [-0.3, -0.25) is 0 Å². The first-order valence-corrected chi connectivity index (χ1v) is 6.33. The highest BCUT2D eigenvalue weighted by Gasteiger charge is 2.35. The zero-order chi connectivity index (χ0) is 11.5. The fraction of sp³-hybridized carbons (Fsp3) is 1.00. The van der Waals surface area contributed by atoms with E-state index in [4.69, 9.17) is 5.73 Å². The van der Waals surface area contributed by atoms with Crippen LogP contribution in [0.1, 0.15) is 46.0 Å². The molecule has 1 aliphatic carbocycles. The van der Waals surface area contributed by atoms with Gasteiger partial charge in [0.05, 0.1) is 0 Å². The third-order valence-corrected chi connectivity index (χ3v) is 3.92. The van der Waals surface area contributed by atoms with Crippen LogP contribution >= 0.6 is 0 Å². The van der Waals surface area contributed by atoms with E-state index in [1.165, 1.54) is 32.1 Å². The van der Waals surface area contributed by atoms with Gasteiger partial charge in [-0.05, 0) is 64.1 Å². The van der Waals surface area contributed by atoms with Crippen molar-refractivity contribution in [3.05, 3.63) is 0 Å². The van der Waals surface area contributed by atoms with E-state index in [1.807, 2.05) is 0 Å². The Labute approximate surface area is 95.2 Å². The van der Waals surface area contributed by atoms with Gasteiger partial charge in [0.1, 0.15) is 0 Å². The molecule has 0 radical (unpaired) electrons. The number of hydrogen-bond donors (Lipinski definition) is 1. The maximum Gasteiger partial charge on any atom is 0.0118 e. The molecule has 1 saturated carbocycles. The van der Waals surface area contributed by atoms with E-state index in [9.17, 15) is 0 Å². The molecule has 90 valence electrons. The summed E-state index contributed by atoms with van der Waals surface area (Å²) < 4.78 is 0. The van der Waals surface area contributed by atoms with Gasteiger partial charge in [-0.15, -0.1) is 0 Å². The first-order chi connectivity index (χ1) is 6.96. The topological polar surface area (TPSA) is 29.3 Å². The quantitative estimate of drug-likeness (QED) is 0.776. The lowest BCUT2D eigenvalue weighted by molar-refractivity contribution is 0.0759. The van der Waals surface area contributed by atoms with Crippen molar-refractivity contribution in [1.82, 2.24) is 4.90 Å². The molecule has 0 aromatic heterocycles. The molecule has 0 spiro atoms. The van der Waals surface area contributed by atoms with E-state index in [-0.39, 0.29) is 0 Å². The lowest BCUT2D eigenvalue weighted by atomic mass is 9.68. The number of rotatable bonds is 4. The fourth-order valence-electron chi connectivity index (χ4n) is 3.08. The summed E-state index contributed by atoms with van der Waals surface area (Å²) in [4.78, 5) is 2.41. The Hall–Kier alpha value is -0.0800. The summed E-state index contributed by atoms with van der Waals surface area (Å²) in [5.74, 6) is 0.854. The smallest absolute Gasteiger partial charge is 0.0118 e. The van der Waals surface area contributed by atoms with Crippen molar-refractivity contribution in [2.75, 3.05) is 20.6 Å². The molecule has 1 rings (SSSR count). The first-order valence-electron chi connectivity index (χ1n) is 6.33. The molecule has 0 aromatic carbocycles. The third-order valence-electron chi connectivity index (χ3n) is 3.92. The van der Waals surface area contributed by atoms with Gasteiger partial charge in [-0.25, -0.2) is 0 Å². The molecule has 0 aliphatic heterocycles. The molecule has 2 nitrogen and oxygen atoms in total. The predicted molar refractivity (Wildman–Crippen MR) is 66.9 cm³/mol. The highest BCUT2D eigenvalue weighted by atomic mass is 15.1. The molecule has 2 atom stereocenters. The van der Waals surface area contributed by atoms with Gasteiger partial charge in [-0.1, -0.05) is 13.8 Å². The fourth-order valence-corrected chi connectivity index (χ4v) is 3.08. The zero-order valence-corrected chi connectivity index (χ0v) is 10.9. The molecular weight excluding hydrogens is 184 g/mol. The van der Waals surface area contributed by atoms with Crippen LogP contribution < -0.4 is 5.73 Å². The van der Waals surface area contributed by atoms with Crippen LogP contribution in [0.15, 0.2) is 0 Å². The Bertz CT molecular complexity index is 187. The molecular formula is C13H28N2. The minimum Gasteiger partial charge on any atom is -0.330 e. The standard InChI is InChI=1S/C13H28N2/c1-13(2)8-7-12(15(3)4)11(10-13)6-5-9-14/h11-12H,5-10,14H2,1-4H3. The van der Waals surface area contributed by atoms with E-state index < -0.39 is 0 Å². The van der Waals surface area contributed by atoms with Gasteiger partial charge in [0, 0.05) is 6.04 Å². The van der Waals surface area contributed by atoms with Crippen molar-refractivity contribution in [3.8, 4) is 0 Å². The number of nitrogens with two attached hydrogens (primary N) is 1. The van der Waals surface area contributed by atoms with Crippen LogP contribution in [-0.2, 0) is 0 Å². The van der Waals surface area contributed by atoms with Crippen molar-refractivity contribution in [3.63, 3.8) is 0 Å². The van der Waals surface area contributed by atoms with Crippen LogP contribution in [0.4, 0.5) is 0 Å². The second kappa shape index (κ2) is 5.31. The van der Waals surface area contributed by atoms with Crippen LogP contribution in [0.25, 0.3) is 0 Å². The minimum atomic E-state index is 0.547. The summed E-state index contributed by atoms with van der Waals surface area (Å²) in [6.45, 7) is 5.67. The van der Waals surface area contributed by atoms with E-state index in [0.717, 1.165) is 18.5 Å². The van der Waals surface area contributed by atoms with Gasteiger partial charge in [0.15, 0.2) is 0 Å². The Morgan fingerprint density at radius 1 is 1.33 bits per heavy atom. The van der Waals surface area contributed by atoms with E-state index in [1.54, 1.807) is 0 Å². The average Bonchev–Trinajstić information content (AvgIpc) is 2.12. The highest BCUT2D eigenvalue weighted by molar-refractivity contribution is 4.88. The van der Waals surface area contributed by atoms with Gasteiger partial charge < -0.3 is 10.6 Å². The zero-order valence-electron chi connectivity index (χ0n) is 10.9. The maximum absolute atomic E-state index is 5.62. The Morgan fingerprint density at radius 2 is 2.00 bits per heavy atom. The maximum atomic E-state index is 5.62. The van der Waals surface area contributed by atoms with E-state index in [2.05, 4.69) is 32.8 Å². The monoisotopic (exact) mass is 212 g/mol. The molecule has 0 amide bonds. The van der Waals surface area contributed by atoms with Gasteiger partial charge in [0.2, 0.25) is 0 Å². The van der Waals surface area contributed by atoms with Crippen LogP contribution in [0.2, 0.25) is 0 Å². The van der Waals surface area contributed by atoms with Gasteiger partial charge in [-0.2, -0.15) is 0 Å². The van der Waals surface area contributed by atoms with E-state index >= 15 is 0 Å². The van der Waals surface area contributed by atoms with Gasteiger partial charge >= 0.3 is 0 Å². The van der Waals surface area contributed by atoms with Crippen LogP contribution in [0.3, 0.4) is 0 Å². The normalized spacial score (nSPS) is 30.8. The predicted octanol–water partition coefficient (Wildman–Crippen LogP) is 2.48. The van der Waals surface area contributed by atoms with E-state index in [0.29, 0.717) is 5.41 Å². The van der Waals surface area contributed by atoms with Crippen LogP contribution in [0.5, 0.6) is 0 Å². The Morgan fingerprint density at radius 3 is 2.53 bits per heavy atom. The number of nitrogens with zero attached hydrogens (tertiary/aromatic N) is 1. The van der Waals surface area contributed by atoms with Crippen molar-refractivity contribution in [2.24, 2.45) is 17.1 Å². The molecule has 0 aromatic rings. The summed E-state index contributed by atoms with van der Waals surface area (Å²) in [5, 5.41) is 0. The van der Waals surface area contributed by atoms with Crippen molar-refractivity contribution >= 4 is 0 Å². The van der Waals surface area contributed by atoms with Crippen molar-refractivity contribution < 1.29 is 0 Å². The first kappa shape index (κ1) is 13.0. The summed E-state index contributed by atoms with van der Waals surface area (Å²) in [7, 11) is 4.44. The van der Waals surface area contributed by atoms with Crippen molar-refractivity contribution in [2.45, 2.75) is 52.0 Å². The SMILES string of the molecule is CN(C)C1CCC(C)(C)CC1CCCN. The summed E-state index contributed by atoms with van der Waals surface area (Å²) >= 11 is 0. The van der Waals surface area contributed by atoms with Gasteiger partial charge in [0.25, 0.3) is 0 Å². The minimum absolute atomic E-state index is 0.547. The third kappa shape index (κ3) is 3.76. The molecule has 2 unspecified atom stereocenters. The lowest BCUT2D eigenvalue weighted by Gasteiger charge is -2.43. The molecule has 15 heavy (non-hydrogen) atoms. The van der Waals surface area contributed by atoms with Crippen molar-refractivity contribution in [1.29, 1.82) is 0 Å². The second-order valence-electron chi connectivity index (χ2n) is 6.13. The molecule has 1 fully saturated rings. The molecule has 0 heterocycles. The Kier molecular flexibility index (Phi) is 4.60. The highest BCUT2D eigenvalue weighted by Crippen LogP contribution is 2.41. The average molecular weight is 212 g/mol. The molecule has 2 N–H and O–H groups in total. The summed E-state index contributed by atoms with van der Waals surface area (Å²) in [6, 6.07) is 0.782. The second-order valence-corrected chi connectivity index (χ2v) is 6.13. The Balaban J connectivity index is 2.56. The molecule has 2 heteroatoms.